The van der Waals surface area contributed by atoms with Crippen LogP contribution in [-0.4, -0.2) is 92.6 Å². The second-order valence-corrected chi connectivity index (χ2v) is 8.00. The van der Waals surface area contributed by atoms with E-state index in [4.69, 9.17) is 16.6 Å². The Labute approximate surface area is 191 Å². The minimum atomic E-state index is -1.23. The van der Waals surface area contributed by atoms with Crippen LogP contribution in [0.3, 0.4) is 0 Å². The largest absolute Gasteiger partial charge is 0.480 e. The van der Waals surface area contributed by atoms with Crippen molar-refractivity contribution in [2.45, 2.75) is 62.7 Å². The number of carboxylic acid groups (broad SMARTS) is 1. The van der Waals surface area contributed by atoms with E-state index in [1.165, 1.54) is 17.4 Å². The lowest BCUT2D eigenvalue weighted by Gasteiger charge is -2.28. The third-order valence-corrected chi connectivity index (χ3v) is 5.53. The molecular formula is C20H33N7O6. The van der Waals surface area contributed by atoms with Gasteiger partial charge in [-0.15, -0.1) is 0 Å². The molecule has 0 saturated carbocycles. The van der Waals surface area contributed by atoms with E-state index < -0.39 is 54.5 Å². The molecular weight excluding hydrogens is 434 g/mol. The first-order chi connectivity index (χ1) is 15.8. The van der Waals surface area contributed by atoms with Crippen molar-refractivity contribution >= 4 is 23.7 Å². The van der Waals surface area contributed by atoms with Gasteiger partial charge in [0.2, 0.25) is 17.7 Å². The molecule has 33 heavy (non-hydrogen) atoms. The summed E-state index contributed by atoms with van der Waals surface area (Å²) in [6.45, 7) is 0.185. The minimum Gasteiger partial charge on any atom is -0.480 e. The maximum Gasteiger partial charge on any atom is 0.326 e. The quantitative estimate of drug-likeness (QED) is 0.152. The van der Waals surface area contributed by atoms with Gasteiger partial charge in [0.15, 0.2) is 0 Å². The number of carboxylic acids is 1. The van der Waals surface area contributed by atoms with Crippen LogP contribution in [0, 0.1) is 0 Å². The molecule has 1 saturated heterocycles. The topological polar surface area (TPSA) is 217 Å². The standard InChI is InChI=1S/C20H33N7O6/c21-6-2-1-4-14(17(29)26-15(20(32)33)8-12-9-23-11-24-12)25-18(30)16-5-3-7-27(16)19(31)13(22)10-28/h9,11,13-16,28H,1-8,10,21-22H2,(H,23,24)(H,25,30)(H,26,29)(H,32,33). The summed E-state index contributed by atoms with van der Waals surface area (Å²) in [5.41, 5.74) is 11.7. The van der Waals surface area contributed by atoms with Gasteiger partial charge in [0, 0.05) is 24.9 Å². The number of rotatable bonds is 13. The molecule has 1 aliphatic heterocycles. The molecule has 2 heterocycles. The number of unbranched alkanes of at least 4 members (excludes halogenated alkanes) is 1. The minimum absolute atomic E-state index is 0.00546. The van der Waals surface area contributed by atoms with E-state index in [1.54, 1.807) is 0 Å². The number of carbonyl (C=O) groups is 4. The van der Waals surface area contributed by atoms with Crippen molar-refractivity contribution in [3.05, 3.63) is 18.2 Å². The number of imidazole rings is 1. The van der Waals surface area contributed by atoms with Gasteiger partial charge in [-0.3, -0.25) is 14.4 Å². The van der Waals surface area contributed by atoms with Gasteiger partial charge in [0.05, 0.1) is 12.9 Å². The molecule has 1 aromatic rings. The number of carbonyl (C=O) groups excluding carboxylic acids is 3. The molecule has 9 N–H and O–H groups in total. The molecule has 1 aromatic heterocycles. The Bertz CT molecular complexity index is 803. The van der Waals surface area contributed by atoms with Gasteiger partial charge < -0.3 is 42.2 Å². The zero-order valence-electron chi connectivity index (χ0n) is 18.4. The third kappa shape index (κ3) is 7.51. The van der Waals surface area contributed by atoms with Crippen LogP contribution < -0.4 is 22.1 Å². The SMILES string of the molecule is NCCCCC(NC(=O)C1CCCN1C(=O)C(N)CO)C(=O)NC(Cc1cnc[nH]1)C(=O)O. The molecule has 13 heteroatoms. The lowest BCUT2D eigenvalue weighted by atomic mass is 10.1. The van der Waals surface area contributed by atoms with Gasteiger partial charge in [-0.25, -0.2) is 9.78 Å². The van der Waals surface area contributed by atoms with E-state index >= 15 is 0 Å². The molecule has 4 unspecified atom stereocenters. The van der Waals surface area contributed by atoms with Crippen LogP contribution in [0.25, 0.3) is 0 Å². The Morgan fingerprint density at radius 3 is 2.61 bits per heavy atom. The number of aliphatic hydroxyl groups is 1. The summed E-state index contributed by atoms with van der Waals surface area (Å²) < 4.78 is 0. The van der Waals surface area contributed by atoms with Gasteiger partial charge in [-0.1, -0.05) is 0 Å². The van der Waals surface area contributed by atoms with Gasteiger partial charge in [0.1, 0.15) is 24.2 Å². The van der Waals surface area contributed by atoms with Gasteiger partial charge in [-0.2, -0.15) is 0 Å². The number of likely N-dealkylation sites (tertiary alicyclic amines) is 1. The Morgan fingerprint density at radius 1 is 1.24 bits per heavy atom. The Morgan fingerprint density at radius 2 is 2.00 bits per heavy atom. The van der Waals surface area contributed by atoms with E-state index in [9.17, 15) is 24.3 Å². The number of aromatic amines is 1. The summed E-state index contributed by atoms with van der Waals surface area (Å²) in [6.07, 6.45) is 5.25. The average Bonchev–Trinajstić information content (AvgIpc) is 3.48. The molecule has 0 aliphatic carbocycles. The summed E-state index contributed by atoms with van der Waals surface area (Å²) >= 11 is 0. The smallest absolute Gasteiger partial charge is 0.326 e. The molecule has 184 valence electrons. The average molecular weight is 468 g/mol. The van der Waals surface area contributed by atoms with Gasteiger partial charge in [0.25, 0.3) is 0 Å². The molecule has 1 fully saturated rings. The summed E-state index contributed by atoms with van der Waals surface area (Å²) in [5.74, 6) is -2.94. The predicted octanol–water partition coefficient (Wildman–Crippen LogP) is -2.55. The number of aliphatic carboxylic acids is 1. The number of nitrogens with one attached hydrogen (secondary N) is 3. The number of nitrogens with zero attached hydrogens (tertiary/aromatic N) is 2. The van der Waals surface area contributed by atoms with Crippen molar-refractivity contribution < 1.29 is 29.4 Å². The van der Waals surface area contributed by atoms with Crippen LogP contribution in [0.5, 0.6) is 0 Å². The first-order valence-electron chi connectivity index (χ1n) is 11.0. The highest BCUT2D eigenvalue weighted by molar-refractivity contribution is 5.94. The van der Waals surface area contributed by atoms with Crippen molar-refractivity contribution in [2.24, 2.45) is 11.5 Å². The Hall–Kier alpha value is -3.03. The van der Waals surface area contributed by atoms with Crippen molar-refractivity contribution in [3.8, 4) is 0 Å². The lowest BCUT2D eigenvalue weighted by molar-refractivity contribution is -0.143. The van der Waals surface area contributed by atoms with Crippen LogP contribution in [-0.2, 0) is 25.6 Å². The van der Waals surface area contributed by atoms with E-state index in [-0.39, 0.29) is 12.8 Å². The van der Waals surface area contributed by atoms with Crippen molar-refractivity contribution in [1.29, 1.82) is 0 Å². The van der Waals surface area contributed by atoms with Crippen molar-refractivity contribution in [2.75, 3.05) is 19.7 Å². The van der Waals surface area contributed by atoms with E-state index in [1.807, 2.05) is 0 Å². The summed E-state index contributed by atoms with van der Waals surface area (Å²) in [5, 5.41) is 23.8. The van der Waals surface area contributed by atoms with Crippen LogP contribution in [0.2, 0.25) is 0 Å². The maximum atomic E-state index is 13.0. The lowest BCUT2D eigenvalue weighted by Crippen LogP contribution is -2.57. The highest BCUT2D eigenvalue weighted by Gasteiger charge is 2.37. The molecule has 4 atom stereocenters. The monoisotopic (exact) mass is 467 g/mol. The first-order valence-corrected chi connectivity index (χ1v) is 11.0. The second kappa shape index (κ2) is 12.9. The first kappa shape index (κ1) is 26.2. The van der Waals surface area contributed by atoms with Gasteiger partial charge >= 0.3 is 5.97 Å². The number of nitrogens with two attached hydrogens (primary N) is 2. The zero-order chi connectivity index (χ0) is 24.4. The van der Waals surface area contributed by atoms with Crippen molar-refractivity contribution in [1.82, 2.24) is 25.5 Å². The van der Waals surface area contributed by atoms with E-state index in [0.29, 0.717) is 44.5 Å². The molecule has 0 radical (unpaired) electrons. The normalized spacial score (nSPS) is 18.4. The highest BCUT2D eigenvalue weighted by Crippen LogP contribution is 2.19. The third-order valence-electron chi connectivity index (χ3n) is 5.53. The molecule has 13 nitrogen and oxygen atoms in total. The van der Waals surface area contributed by atoms with Crippen molar-refractivity contribution in [3.63, 3.8) is 0 Å². The zero-order valence-corrected chi connectivity index (χ0v) is 18.4. The molecule has 0 aromatic carbocycles. The van der Waals surface area contributed by atoms with E-state index in [0.717, 1.165) is 0 Å². The summed E-state index contributed by atoms with van der Waals surface area (Å²) in [6, 6.07) is -4.17. The summed E-state index contributed by atoms with van der Waals surface area (Å²) in [7, 11) is 0. The predicted molar refractivity (Wildman–Crippen MR) is 116 cm³/mol. The van der Waals surface area contributed by atoms with E-state index in [2.05, 4.69) is 20.6 Å². The fraction of sp³-hybridized carbons (Fsp3) is 0.650. The molecule has 1 aliphatic rings. The maximum absolute atomic E-state index is 13.0. The van der Waals surface area contributed by atoms with Crippen LogP contribution in [0.15, 0.2) is 12.5 Å². The summed E-state index contributed by atoms with van der Waals surface area (Å²) in [4.78, 5) is 57.9. The molecule has 3 amide bonds. The van der Waals surface area contributed by atoms with Gasteiger partial charge in [-0.05, 0) is 38.6 Å². The molecule has 0 spiro atoms. The Kier molecular flexibility index (Phi) is 10.2. The fourth-order valence-electron chi connectivity index (χ4n) is 3.71. The molecule has 0 bridgehead atoms. The van der Waals surface area contributed by atoms with Crippen LogP contribution in [0.1, 0.15) is 37.8 Å². The Balaban J connectivity index is 2.08. The molecule has 2 rings (SSSR count). The number of amides is 3. The second-order valence-electron chi connectivity index (χ2n) is 8.00. The van der Waals surface area contributed by atoms with Crippen LogP contribution >= 0.6 is 0 Å². The number of hydrogen-bond donors (Lipinski definition) is 7. The number of aromatic nitrogens is 2. The number of H-pyrrole nitrogens is 1. The fourth-order valence-corrected chi connectivity index (χ4v) is 3.71. The highest BCUT2D eigenvalue weighted by atomic mass is 16.4. The number of aliphatic hydroxyl groups excluding tert-OH is 1. The number of hydrogen-bond acceptors (Lipinski definition) is 8. The van der Waals surface area contributed by atoms with Crippen LogP contribution in [0.4, 0.5) is 0 Å².